The number of hydrogen-bond donors (Lipinski definition) is 0. The Morgan fingerprint density at radius 3 is 2.60 bits per heavy atom. The zero-order valence-electron chi connectivity index (χ0n) is 14.0. The maximum Gasteiger partial charge on any atom is 0.261 e. The number of nitrogens with zero attached hydrogens (tertiary/aromatic N) is 4. The fraction of sp³-hybridized carbons (Fsp3) is 0.316. The number of benzene rings is 1. The van der Waals surface area contributed by atoms with Gasteiger partial charge in [-0.15, -0.1) is 0 Å². The number of hydrogen-bond acceptors (Lipinski definition) is 5. The van der Waals surface area contributed by atoms with Crippen LogP contribution in [-0.2, 0) is 17.8 Å². The van der Waals surface area contributed by atoms with Crippen LogP contribution in [0.2, 0.25) is 0 Å². The number of ether oxygens (including phenoxy) is 1. The van der Waals surface area contributed by atoms with E-state index in [0.29, 0.717) is 18.5 Å². The molecule has 1 aliphatic rings. The molecular formula is C19H20N4O2. The molecular weight excluding hydrogens is 316 g/mol. The lowest BCUT2D eigenvalue weighted by Crippen LogP contribution is -2.38. The number of fused-ring (bicyclic) bond motifs is 1. The molecule has 3 heterocycles. The number of para-hydroxylation sites is 1. The highest BCUT2D eigenvalue weighted by atomic mass is 16.5. The lowest BCUT2D eigenvalue weighted by Gasteiger charge is -2.27. The molecule has 25 heavy (non-hydrogen) atoms. The highest BCUT2D eigenvalue weighted by molar-refractivity contribution is 5.77. The summed E-state index contributed by atoms with van der Waals surface area (Å²) in [5.74, 6) is 0.774. The normalized spacial score (nSPS) is 15.5. The molecule has 0 saturated carbocycles. The van der Waals surface area contributed by atoms with Crippen LogP contribution in [0.1, 0.15) is 11.5 Å². The molecule has 3 aromatic rings. The van der Waals surface area contributed by atoms with Crippen molar-refractivity contribution in [3.05, 3.63) is 70.5 Å². The Balaban J connectivity index is 1.77. The van der Waals surface area contributed by atoms with Gasteiger partial charge in [-0.2, -0.15) is 0 Å². The van der Waals surface area contributed by atoms with E-state index >= 15 is 0 Å². The third-order valence-corrected chi connectivity index (χ3v) is 4.46. The second-order valence-electron chi connectivity index (χ2n) is 6.15. The Morgan fingerprint density at radius 2 is 1.80 bits per heavy atom. The first-order chi connectivity index (χ1) is 12.3. The first-order valence-electron chi connectivity index (χ1n) is 8.50. The van der Waals surface area contributed by atoms with E-state index in [1.165, 1.54) is 0 Å². The van der Waals surface area contributed by atoms with Gasteiger partial charge in [0.05, 0.1) is 42.9 Å². The Hall–Kier alpha value is -2.57. The number of pyridine rings is 1. The number of rotatable bonds is 4. The molecule has 0 spiro atoms. The van der Waals surface area contributed by atoms with Crippen molar-refractivity contribution in [3.8, 4) is 0 Å². The second-order valence-corrected chi connectivity index (χ2v) is 6.15. The average molecular weight is 336 g/mol. The Kier molecular flexibility index (Phi) is 4.54. The molecule has 1 aliphatic heterocycles. The Bertz CT molecular complexity index is 918. The standard InChI is InChI=1S/C19H20N4O2/c24-19-16-6-1-2-7-17(16)21-18(14-22-9-11-25-12-10-22)23(19)13-15-5-3-4-8-20-15/h1-8H,9-14H2. The summed E-state index contributed by atoms with van der Waals surface area (Å²) in [6.07, 6.45) is 1.75. The quantitative estimate of drug-likeness (QED) is 0.725. The minimum Gasteiger partial charge on any atom is -0.379 e. The van der Waals surface area contributed by atoms with E-state index in [1.807, 2.05) is 42.5 Å². The Morgan fingerprint density at radius 1 is 1.00 bits per heavy atom. The van der Waals surface area contributed by atoms with Crippen LogP contribution in [0.15, 0.2) is 53.5 Å². The van der Waals surface area contributed by atoms with Crippen LogP contribution in [-0.4, -0.2) is 45.7 Å². The molecule has 6 heteroatoms. The van der Waals surface area contributed by atoms with E-state index < -0.39 is 0 Å². The third kappa shape index (κ3) is 3.45. The van der Waals surface area contributed by atoms with Crippen LogP contribution in [0.5, 0.6) is 0 Å². The van der Waals surface area contributed by atoms with Crippen LogP contribution in [0.4, 0.5) is 0 Å². The summed E-state index contributed by atoms with van der Waals surface area (Å²) < 4.78 is 7.17. The zero-order valence-corrected chi connectivity index (χ0v) is 14.0. The first kappa shape index (κ1) is 15.9. The van der Waals surface area contributed by atoms with E-state index in [2.05, 4.69) is 9.88 Å². The Labute approximate surface area is 145 Å². The van der Waals surface area contributed by atoms with E-state index in [0.717, 1.165) is 43.3 Å². The van der Waals surface area contributed by atoms with Gasteiger partial charge < -0.3 is 4.74 Å². The van der Waals surface area contributed by atoms with Crippen LogP contribution in [0.25, 0.3) is 10.9 Å². The van der Waals surface area contributed by atoms with Gasteiger partial charge in [-0.25, -0.2) is 4.98 Å². The number of aromatic nitrogens is 3. The molecule has 1 fully saturated rings. The fourth-order valence-corrected chi connectivity index (χ4v) is 3.11. The van der Waals surface area contributed by atoms with Crippen molar-refractivity contribution in [3.63, 3.8) is 0 Å². The number of morpholine rings is 1. The smallest absolute Gasteiger partial charge is 0.261 e. The predicted octanol–water partition coefficient (Wildman–Crippen LogP) is 1.67. The van der Waals surface area contributed by atoms with Crippen molar-refractivity contribution < 1.29 is 4.74 Å². The molecule has 0 aliphatic carbocycles. The molecule has 1 saturated heterocycles. The van der Waals surface area contributed by atoms with Crippen molar-refractivity contribution in [2.75, 3.05) is 26.3 Å². The van der Waals surface area contributed by atoms with Gasteiger partial charge in [0.1, 0.15) is 5.82 Å². The summed E-state index contributed by atoms with van der Waals surface area (Å²) in [7, 11) is 0. The summed E-state index contributed by atoms with van der Waals surface area (Å²) >= 11 is 0. The van der Waals surface area contributed by atoms with E-state index in [-0.39, 0.29) is 5.56 Å². The van der Waals surface area contributed by atoms with Crippen LogP contribution in [0, 0.1) is 0 Å². The summed E-state index contributed by atoms with van der Waals surface area (Å²) in [5, 5.41) is 0.643. The van der Waals surface area contributed by atoms with Crippen molar-refractivity contribution in [1.82, 2.24) is 19.4 Å². The van der Waals surface area contributed by atoms with Gasteiger partial charge in [-0.05, 0) is 24.3 Å². The zero-order chi connectivity index (χ0) is 17.1. The summed E-state index contributed by atoms with van der Waals surface area (Å²) in [4.78, 5) is 24.5. The topological polar surface area (TPSA) is 60.3 Å². The summed E-state index contributed by atoms with van der Waals surface area (Å²) in [6.45, 7) is 4.21. The maximum absolute atomic E-state index is 13.0. The lowest BCUT2D eigenvalue weighted by molar-refractivity contribution is 0.0325. The van der Waals surface area contributed by atoms with Gasteiger partial charge in [-0.1, -0.05) is 18.2 Å². The van der Waals surface area contributed by atoms with Crippen molar-refractivity contribution in [2.45, 2.75) is 13.1 Å². The minimum atomic E-state index is -0.0143. The van der Waals surface area contributed by atoms with Gasteiger partial charge in [0.25, 0.3) is 5.56 Å². The van der Waals surface area contributed by atoms with Crippen molar-refractivity contribution in [1.29, 1.82) is 0 Å². The van der Waals surface area contributed by atoms with Gasteiger partial charge in [0, 0.05) is 19.3 Å². The highest BCUT2D eigenvalue weighted by Crippen LogP contribution is 2.12. The van der Waals surface area contributed by atoms with Crippen LogP contribution < -0.4 is 5.56 Å². The van der Waals surface area contributed by atoms with Crippen LogP contribution >= 0.6 is 0 Å². The highest BCUT2D eigenvalue weighted by Gasteiger charge is 2.17. The largest absolute Gasteiger partial charge is 0.379 e. The first-order valence-corrected chi connectivity index (χ1v) is 8.50. The molecule has 2 aromatic heterocycles. The van der Waals surface area contributed by atoms with Crippen LogP contribution in [0.3, 0.4) is 0 Å². The third-order valence-electron chi connectivity index (χ3n) is 4.46. The lowest BCUT2D eigenvalue weighted by atomic mass is 10.2. The molecule has 0 N–H and O–H groups in total. The molecule has 0 atom stereocenters. The molecule has 0 bridgehead atoms. The predicted molar refractivity (Wildman–Crippen MR) is 95.4 cm³/mol. The summed E-state index contributed by atoms with van der Waals surface area (Å²) in [5.41, 5.74) is 1.58. The molecule has 0 amide bonds. The molecule has 0 radical (unpaired) electrons. The summed E-state index contributed by atoms with van der Waals surface area (Å²) in [6, 6.07) is 13.3. The van der Waals surface area contributed by atoms with E-state index in [9.17, 15) is 4.79 Å². The fourth-order valence-electron chi connectivity index (χ4n) is 3.11. The van der Waals surface area contributed by atoms with Crippen molar-refractivity contribution >= 4 is 10.9 Å². The van der Waals surface area contributed by atoms with Gasteiger partial charge >= 0.3 is 0 Å². The van der Waals surface area contributed by atoms with Crippen molar-refractivity contribution in [2.24, 2.45) is 0 Å². The van der Waals surface area contributed by atoms with Gasteiger partial charge in [-0.3, -0.25) is 19.2 Å². The molecule has 0 unspecified atom stereocenters. The maximum atomic E-state index is 13.0. The van der Waals surface area contributed by atoms with E-state index in [1.54, 1.807) is 10.8 Å². The molecule has 128 valence electrons. The van der Waals surface area contributed by atoms with Gasteiger partial charge in [0.15, 0.2) is 0 Å². The van der Waals surface area contributed by atoms with E-state index in [4.69, 9.17) is 9.72 Å². The SMILES string of the molecule is O=c1c2ccccc2nc(CN2CCOCC2)n1Cc1ccccn1. The molecule has 6 nitrogen and oxygen atoms in total. The second kappa shape index (κ2) is 7.13. The monoisotopic (exact) mass is 336 g/mol. The minimum absolute atomic E-state index is 0.0143. The van der Waals surface area contributed by atoms with Gasteiger partial charge in [0.2, 0.25) is 0 Å². The average Bonchev–Trinajstić information content (AvgIpc) is 2.67. The molecule has 4 rings (SSSR count). The molecule has 1 aromatic carbocycles.